The van der Waals surface area contributed by atoms with Gasteiger partial charge < -0.3 is 39.0 Å². The minimum absolute atomic E-state index is 0.0316. The van der Waals surface area contributed by atoms with Crippen LogP contribution in [-0.2, 0) is 38.1 Å². The summed E-state index contributed by atoms with van der Waals surface area (Å²) in [6.07, 6.45) is 17.3. The van der Waals surface area contributed by atoms with E-state index in [1.165, 1.54) is 46.4 Å². The molecule has 13 heteroatoms. The van der Waals surface area contributed by atoms with E-state index in [-0.39, 0.29) is 72.9 Å². The molecule has 2 saturated heterocycles. The molecule has 0 aromatic carbocycles. The molecule has 362 valence electrons. The molecule has 10 rings (SSSR count). The van der Waals surface area contributed by atoms with Crippen molar-refractivity contribution in [2.45, 2.75) is 184 Å². The molecule has 3 aliphatic heterocycles. The molecule has 15 atom stereocenters. The normalized spacial score (nSPS) is 44.3. The maximum atomic E-state index is 13.7. The Kier molecular flexibility index (Phi) is 12.5. The standard InChI is InChI=1S/C53H72O11S2/c1-29(2)52-44(63-52)27-51(59)50(6)21-17-36-37(28-60-47(36)58)40(50)26-43-53(51,64-43)48(52)62-46(57)19-23-66-65-22-18-45(56)61-42-25-35(54)24-34(31(42)4)13-10-32-8-7-20-49(5)38(14-15-39(32)49)30(3)9-16-41(55)33-11-12-33/h9-10,13,16,29-30,33,35,38-44,48,54-55,59H,4,7-8,11-12,14-15,17-28H2,1-3,5-6H3/b16-9+,32-10+,34-13-/t30-,35+,38?,39?,40-,41?,42-,43-,44-,48+,49+,50-,51+,52-,53+/m0/s1. The van der Waals surface area contributed by atoms with Crippen LogP contribution in [0.1, 0.15) is 131 Å². The molecule has 66 heavy (non-hydrogen) atoms. The summed E-state index contributed by atoms with van der Waals surface area (Å²) in [5.41, 5.74) is 1.43. The van der Waals surface area contributed by atoms with Gasteiger partial charge in [-0.05, 0) is 128 Å². The number of ether oxygens (including phenoxy) is 5. The zero-order valence-electron chi connectivity index (χ0n) is 39.6. The average Bonchev–Trinajstić information content (AvgIpc) is 4.22. The molecule has 7 aliphatic carbocycles. The fraction of sp³-hybridized carbons (Fsp3) is 0.755. The Hall–Kier alpha value is -2.39. The Bertz CT molecular complexity index is 2130. The molecule has 3 heterocycles. The van der Waals surface area contributed by atoms with Gasteiger partial charge in [-0.15, -0.1) is 0 Å². The van der Waals surface area contributed by atoms with Gasteiger partial charge in [0.05, 0.1) is 37.3 Å². The van der Waals surface area contributed by atoms with Crippen LogP contribution in [0.2, 0.25) is 0 Å². The number of allylic oxidation sites excluding steroid dienone is 4. The van der Waals surface area contributed by atoms with Crippen LogP contribution in [0.15, 0.2) is 58.7 Å². The molecule has 0 radical (unpaired) electrons. The highest BCUT2D eigenvalue weighted by atomic mass is 33.1. The van der Waals surface area contributed by atoms with E-state index in [1.54, 1.807) is 0 Å². The maximum absolute atomic E-state index is 13.7. The topological polar surface area (TPSA) is 165 Å². The number of aliphatic hydroxyl groups excluding tert-OH is 2. The second kappa shape index (κ2) is 17.5. The van der Waals surface area contributed by atoms with Gasteiger partial charge in [-0.25, -0.2) is 4.79 Å². The van der Waals surface area contributed by atoms with Crippen molar-refractivity contribution in [1.29, 1.82) is 0 Å². The van der Waals surface area contributed by atoms with E-state index in [9.17, 15) is 29.7 Å². The molecule has 8 fully saturated rings. The molecule has 3 unspecified atom stereocenters. The lowest BCUT2D eigenvalue weighted by Crippen LogP contribution is -2.74. The molecular formula is C53H72O11S2. The molecule has 0 bridgehead atoms. The largest absolute Gasteiger partial charge is 0.458 e. The molecule has 0 aromatic rings. The van der Waals surface area contributed by atoms with Crippen LogP contribution in [0.5, 0.6) is 0 Å². The summed E-state index contributed by atoms with van der Waals surface area (Å²) in [6, 6.07) is 0. The number of cyclic esters (lactones) is 1. The summed E-state index contributed by atoms with van der Waals surface area (Å²) in [5.74, 6) is 1.97. The SMILES string of the molecule is C=C1/C(=C\C=C2/CCC[C@@]3(C)C2CCC3[C@@H](C)/C=C/C(O)C2CC2)C[C@@H](O)C[C@@H]1OC(=O)CCSSCCC(=O)O[C@@H]1[C@@]2(C(C)C)O[C@H]2C[C@]2(O)[C@]13O[C@H]3C[C@H]1C3=C(CC[C@@]12C)C(=O)OC3. The highest BCUT2D eigenvalue weighted by molar-refractivity contribution is 8.76. The first-order chi connectivity index (χ1) is 31.5. The lowest BCUT2D eigenvalue weighted by molar-refractivity contribution is -0.222. The summed E-state index contributed by atoms with van der Waals surface area (Å²) >= 11 is 0. The van der Waals surface area contributed by atoms with E-state index in [0.717, 1.165) is 48.0 Å². The second-order valence-electron chi connectivity index (χ2n) is 22.6. The van der Waals surface area contributed by atoms with Crippen molar-refractivity contribution in [2.24, 2.45) is 46.3 Å². The zero-order valence-corrected chi connectivity index (χ0v) is 41.2. The van der Waals surface area contributed by atoms with Crippen LogP contribution in [0, 0.1) is 46.3 Å². The van der Waals surface area contributed by atoms with Crippen LogP contribution in [-0.4, -0.2) is 105 Å². The maximum Gasteiger partial charge on any atom is 0.334 e. The molecular weight excluding hydrogens is 877 g/mol. The average molecular weight is 949 g/mol. The van der Waals surface area contributed by atoms with Gasteiger partial charge in [0.1, 0.15) is 23.9 Å². The lowest BCUT2D eigenvalue weighted by atomic mass is 9.44. The van der Waals surface area contributed by atoms with E-state index >= 15 is 0 Å². The van der Waals surface area contributed by atoms with Crippen LogP contribution < -0.4 is 0 Å². The van der Waals surface area contributed by atoms with E-state index < -0.39 is 40.5 Å². The molecule has 1 spiro atoms. The quantitative estimate of drug-likeness (QED) is 0.0358. The minimum atomic E-state index is -1.31. The predicted molar refractivity (Wildman–Crippen MR) is 253 cm³/mol. The van der Waals surface area contributed by atoms with Crippen molar-refractivity contribution >= 4 is 39.5 Å². The Balaban J connectivity index is 0.695. The zero-order chi connectivity index (χ0) is 46.6. The third kappa shape index (κ3) is 7.69. The summed E-state index contributed by atoms with van der Waals surface area (Å²) in [7, 11) is 3.01. The van der Waals surface area contributed by atoms with Gasteiger partial charge in [-0.3, -0.25) is 9.59 Å². The number of hydrogen-bond acceptors (Lipinski definition) is 13. The van der Waals surface area contributed by atoms with Crippen molar-refractivity contribution in [3.8, 4) is 0 Å². The number of aliphatic hydroxyl groups is 3. The molecule has 6 saturated carbocycles. The number of carbonyl (C=O) groups is 3. The molecule has 0 amide bonds. The summed E-state index contributed by atoms with van der Waals surface area (Å²) in [6.45, 7) is 15.7. The van der Waals surface area contributed by atoms with Crippen molar-refractivity contribution in [1.82, 2.24) is 0 Å². The molecule has 11 nitrogen and oxygen atoms in total. The molecule has 3 N–H and O–H groups in total. The van der Waals surface area contributed by atoms with Crippen molar-refractivity contribution in [3.05, 3.63) is 58.7 Å². The minimum Gasteiger partial charge on any atom is -0.458 e. The first-order valence-electron chi connectivity index (χ1n) is 25.2. The van der Waals surface area contributed by atoms with Crippen LogP contribution in [0.4, 0.5) is 0 Å². The van der Waals surface area contributed by atoms with Crippen molar-refractivity contribution in [2.75, 3.05) is 18.1 Å². The van der Waals surface area contributed by atoms with E-state index in [4.69, 9.17) is 23.7 Å². The summed E-state index contributed by atoms with van der Waals surface area (Å²) in [5, 5.41) is 34.3. The Morgan fingerprint density at radius 2 is 1.67 bits per heavy atom. The third-order valence-corrected chi connectivity index (χ3v) is 21.3. The van der Waals surface area contributed by atoms with Gasteiger partial charge >= 0.3 is 17.9 Å². The highest BCUT2D eigenvalue weighted by Crippen LogP contribution is 2.76. The summed E-state index contributed by atoms with van der Waals surface area (Å²) in [4.78, 5) is 39.3. The number of fused-ring (bicyclic) bond motifs is 5. The Morgan fingerprint density at radius 3 is 2.39 bits per heavy atom. The van der Waals surface area contributed by atoms with Gasteiger partial charge in [0.25, 0.3) is 0 Å². The van der Waals surface area contributed by atoms with Gasteiger partial charge in [-0.2, -0.15) is 0 Å². The number of hydrogen-bond donors (Lipinski definition) is 3. The fourth-order valence-electron chi connectivity index (χ4n) is 14.9. The highest BCUT2D eigenvalue weighted by Gasteiger charge is 2.91. The predicted octanol–water partition coefficient (Wildman–Crippen LogP) is 8.45. The number of epoxide rings is 2. The van der Waals surface area contributed by atoms with Gasteiger partial charge in [-0.1, -0.05) is 92.7 Å². The van der Waals surface area contributed by atoms with Gasteiger partial charge in [0, 0.05) is 35.3 Å². The van der Waals surface area contributed by atoms with E-state index in [0.29, 0.717) is 73.7 Å². The first kappa shape index (κ1) is 47.3. The number of carbonyl (C=O) groups excluding carboxylic acids is 3. The number of esters is 3. The van der Waals surface area contributed by atoms with Crippen LogP contribution in [0.3, 0.4) is 0 Å². The van der Waals surface area contributed by atoms with Crippen molar-refractivity contribution < 1.29 is 53.4 Å². The van der Waals surface area contributed by atoms with Crippen LogP contribution in [0.25, 0.3) is 0 Å². The first-order valence-corrected chi connectivity index (χ1v) is 27.7. The van der Waals surface area contributed by atoms with Gasteiger partial charge in [0.2, 0.25) is 0 Å². The summed E-state index contributed by atoms with van der Waals surface area (Å²) < 4.78 is 30.8. The fourth-order valence-corrected chi connectivity index (χ4v) is 16.8. The van der Waals surface area contributed by atoms with Crippen LogP contribution >= 0.6 is 21.6 Å². The monoisotopic (exact) mass is 948 g/mol. The van der Waals surface area contributed by atoms with E-state index in [2.05, 4.69) is 65.5 Å². The lowest BCUT2D eigenvalue weighted by Gasteiger charge is -2.60. The number of rotatable bonds is 15. The third-order valence-electron chi connectivity index (χ3n) is 18.9. The molecule has 0 aromatic heterocycles. The Labute approximate surface area is 398 Å². The molecule has 10 aliphatic rings. The van der Waals surface area contributed by atoms with E-state index in [1.807, 2.05) is 0 Å². The Morgan fingerprint density at radius 1 is 0.924 bits per heavy atom. The van der Waals surface area contributed by atoms with Crippen molar-refractivity contribution in [3.63, 3.8) is 0 Å². The van der Waals surface area contributed by atoms with Gasteiger partial charge in [0.15, 0.2) is 11.7 Å². The second-order valence-corrected chi connectivity index (χ2v) is 25.3. The smallest absolute Gasteiger partial charge is 0.334 e.